The highest BCUT2D eigenvalue weighted by atomic mass is 16.5. The van der Waals surface area contributed by atoms with Crippen molar-refractivity contribution in [2.45, 2.75) is 52.8 Å². The first-order chi connectivity index (χ1) is 9.02. The fraction of sp³-hybridized carbons (Fsp3) is 0.667. The topological polar surface area (TPSA) is 43.4 Å². The zero-order valence-electron chi connectivity index (χ0n) is 12.7. The molecule has 1 heterocycles. The Hall–Kier alpha value is -1.13. The Morgan fingerprint density at radius 3 is 2.63 bits per heavy atom. The van der Waals surface area contributed by atoms with E-state index in [9.17, 15) is 0 Å². The standard InChI is InChI=1S/C15H26N2O2/c1-11(2)16-10-14-15(7-6-12(3)17-14)19-13(4)8-9-18-5/h6-7,11,13,16H,8-10H2,1-5H3. The molecule has 0 aliphatic rings. The number of hydrogen-bond donors (Lipinski definition) is 1. The van der Waals surface area contributed by atoms with E-state index >= 15 is 0 Å². The summed E-state index contributed by atoms with van der Waals surface area (Å²) in [5, 5.41) is 3.38. The Balaban J connectivity index is 2.69. The van der Waals surface area contributed by atoms with Crippen LogP contribution in [0.15, 0.2) is 12.1 Å². The van der Waals surface area contributed by atoms with Crippen molar-refractivity contribution in [2.24, 2.45) is 0 Å². The molecule has 1 unspecified atom stereocenters. The largest absolute Gasteiger partial charge is 0.489 e. The molecular formula is C15H26N2O2. The van der Waals surface area contributed by atoms with Crippen LogP contribution in [0.2, 0.25) is 0 Å². The number of ether oxygens (including phenoxy) is 2. The van der Waals surface area contributed by atoms with Gasteiger partial charge in [0.25, 0.3) is 0 Å². The number of nitrogens with one attached hydrogen (secondary N) is 1. The van der Waals surface area contributed by atoms with Gasteiger partial charge in [-0.2, -0.15) is 0 Å². The van der Waals surface area contributed by atoms with Gasteiger partial charge in [-0.05, 0) is 26.0 Å². The van der Waals surface area contributed by atoms with E-state index < -0.39 is 0 Å². The van der Waals surface area contributed by atoms with E-state index in [-0.39, 0.29) is 6.10 Å². The quantitative estimate of drug-likeness (QED) is 0.785. The highest BCUT2D eigenvalue weighted by Crippen LogP contribution is 2.19. The summed E-state index contributed by atoms with van der Waals surface area (Å²) in [6.45, 7) is 9.73. The minimum Gasteiger partial charge on any atom is -0.489 e. The van der Waals surface area contributed by atoms with Gasteiger partial charge in [-0.1, -0.05) is 13.8 Å². The lowest BCUT2D eigenvalue weighted by atomic mass is 10.2. The zero-order chi connectivity index (χ0) is 14.3. The number of aryl methyl sites for hydroxylation is 1. The van der Waals surface area contributed by atoms with Crippen molar-refractivity contribution in [3.63, 3.8) is 0 Å². The minimum absolute atomic E-state index is 0.127. The second-order valence-corrected chi connectivity index (χ2v) is 5.14. The van der Waals surface area contributed by atoms with Crippen LogP contribution in [0.4, 0.5) is 0 Å². The normalized spacial score (nSPS) is 12.7. The van der Waals surface area contributed by atoms with E-state index in [0.717, 1.165) is 30.1 Å². The maximum atomic E-state index is 5.95. The molecule has 0 saturated carbocycles. The van der Waals surface area contributed by atoms with Crippen LogP contribution in [0.3, 0.4) is 0 Å². The lowest BCUT2D eigenvalue weighted by Gasteiger charge is -2.18. The van der Waals surface area contributed by atoms with Crippen LogP contribution >= 0.6 is 0 Å². The summed E-state index contributed by atoms with van der Waals surface area (Å²) in [5.74, 6) is 0.863. The van der Waals surface area contributed by atoms with E-state index in [0.29, 0.717) is 12.6 Å². The van der Waals surface area contributed by atoms with Crippen molar-refractivity contribution in [3.05, 3.63) is 23.5 Å². The molecular weight excluding hydrogens is 240 g/mol. The van der Waals surface area contributed by atoms with Crippen molar-refractivity contribution < 1.29 is 9.47 Å². The number of aromatic nitrogens is 1. The molecule has 0 spiro atoms. The third-order valence-corrected chi connectivity index (χ3v) is 2.81. The summed E-state index contributed by atoms with van der Waals surface area (Å²) in [5.41, 5.74) is 1.98. The Morgan fingerprint density at radius 1 is 1.26 bits per heavy atom. The van der Waals surface area contributed by atoms with Crippen molar-refractivity contribution in [1.29, 1.82) is 0 Å². The average molecular weight is 266 g/mol. The molecule has 0 aliphatic carbocycles. The minimum atomic E-state index is 0.127. The molecule has 0 fully saturated rings. The molecule has 4 heteroatoms. The summed E-state index contributed by atoms with van der Waals surface area (Å²) in [6, 6.07) is 4.42. The van der Waals surface area contributed by atoms with E-state index in [1.54, 1.807) is 7.11 Å². The molecule has 0 aliphatic heterocycles. The molecule has 1 N–H and O–H groups in total. The van der Waals surface area contributed by atoms with E-state index in [1.807, 2.05) is 19.1 Å². The molecule has 1 rings (SSSR count). The smallest absolute Gasteiger partial charge is 0.142 e. The molecule has 0 radical (unpaired) electrons. The van der Waals surface area contributed by atoms with E-state index in [4.69, 9.17) is 9.47 Å². The Bertz CT molecular complexity index is 380. The van der Waals surface area contributed by atoms with Crippen LogP contribution < -0.4 is 10.1 Å². The van der Waals surface area contributed by atoms with Gasteiger partial charge >= 0.3 is 0 Å². The molecule has 1 atom stereocenters. The predicted molar refractivity (Wildman–Crippen MR) is 77.5 cm³/mol. The first kappa shape index (κ1) is 15.9. The fourth-order valence-electron chi connectivity index (χ4n) is 1.69. The average Bonchev–Trinajstić information content (AvgIpc) is 2.36. The van der Waals surface area contributed by atoms with Crippen molar-refractivity contribution >= 4 is 0 Å². The summed E-state index contributed by atoms with van der Waals surface area (Å²) < 4.78 is 11.0. The van der Waals surface area contributed by atoms with Crippen LogP contribution in [0.1, 0.15) is 38.6 Å². The molecule has 0 bridgehead atoms. The predicted octanol–water partition coefficient (Wildman–Crippen LogP) is 2.69. The van der Waals surface area contributed by atoms with Gasteiger partial charge in [0.1, 0.15) is 5.75 Å². The number of hydrogen-bond acceptors (Lipinski definition) is 4. The Morgan fingerprint density at radius 2 is 2.00 bits per heavy atom. The maximum absolute atomic E-state index is 5.95. The molecule has 1 aromatic heterocycles. The van der Waals surface area contributed by atoms with Gasteiger partial charge in [0.05, 0.1) is 11.8 Å². The summed E-state index contributed by atoms with van der Waals surface area (Å²) in [6.07, 6.45) is 1.00. The van der Waals surface area contributed by atoms with Crippen LogP contribution in [0, 0.1) is 6.92 Å². The van der Waals surface area contributed by atoms with Gasteiger partial charge in [0, 0.05) is 38.4 Å². The van der Waals surface area contributed by atoms with Gasteiger partial charge < -0.3 is 14.8 Å². The first-order valence-corrected chi connectivity index (χ1v) is 6.88. The molecule has 0 aromatic carbocycles. The summed E-state index contributed by atoms with van der Waals surface area (Å²) >= 11 is 0. The molecule has 4 nitrogen and oxygen atoms in total. The lowest BCUT2D eigenvalue weighted by molar-refractivity contribution is 0.134. The molecule has 1 aromatic rings. The van der Waals surface area contributed by atoms with Gasteiger partial charge in [0.2, 0.25) is 0 Å². The summed E-state index contributed by atoms with van der Waals surface area (Å²) in [4.78, 5) is 4.56. The van der Waals surface area contributed by atoms with Crippen LogP contribution in [0.25, 0.3) is 0 Å². The van der Waals surface area contributed by atoms with Gasteiger partial charge in [-0.15, -0.1) is 0 Å². The fourth-order valence-corrected chi connectivity index (χ4v) is 1.69. The highest BCUT2D eigenvalue weighted by Gasteiger charge is 2.10. The third kappa shape index (κ3) is 6.03. The monoisotopic (exact) mass is 266 g/mol. The molecule has 108 valence electrons. The van der Waals surface area contributed by atoms with Crippen molar-refractivity contribution in [2.75, 3.05) is 13.7 Å². The van der Waals surface area contributed by atoms with Crippen LogP contribution in [-0.4, -0.2) is 30.8 Å². The number of rotatable bonds is 8. The second-order valence-electron chi connectivity index (χ2n) is 5.14. The van der Waals surface area contributed by atoms with Gasteiger partial charge in [-0.25, -0.2) is 0 Å². The van der Waals surface area contributed by atoms with Crippen LogP contribution in [0.5, 0.6) is 5.75 Å². The summed E-state index contributed by atoms with van der Waals surface area (Å²) in [7, 11) is 1.71. The van der Waals surface area contributed by atoms with E-state index in [2.05, 4.69) is 31.1 Å². The number of nitrogens with zero attached hydrogens (tertiary/aromatic N) is 1. The number of pyridine rings is 1. The molecule has 0 amide bonds. The second kappa shape index (κ2) is 8.12. The number of methoxy groups -OCH3 is 1. The van der Waals surface area contributed by atoms with Gasteiger partial charge in [-0.3, -0.25) is 4.98 Å². The van der Waals surface area contributed by atoms with Crippen LogP contribution in [-0.2, 0) is 11.3 Å². The first-order valence-electron chi connectivity index (χ1n) is 6.88. The lowest BCUT2D eigenvalue weighted by Crippen LogP contribution is -2.24. The van der Waals surface area contributed by atoms with Crippen molar-refractivity contribution in [3.8, 4) is 5.75 Å². The SMILES string of the molecule is COCCC(C)Oc1ccc(C)nc1CNC(C)C. The van der Waals surface area contributed by atoms with E-state index in [1.165, 1.54) is 0 Å². The third-order valence-electron chi connectivity index (χ3n) is 2.81. The highest BCUT2D eigenvalue weighted by molar-refractivity contribution is 5.29. The zero-order valence-corrected chi connectivity index (χ0v) is 12.7. The van der Waals surface area contributed by atoms with Gasteiger partial charge in [0.15, 0.2) is 0 Å². The maximum Gasteiger partial charge on any atom is 0.142 e. The Kier molecular flexibility index (Phi) is 6.81. The Labute approximate surface area is 116 Å². The molecule has 0 saturated heterocycles. The van der Waals surface area contributed by atoms with Crippen molar-refractivity contribution in [1.82, 2.24) is 10.3 Å². The molecule has 19 heavy (non-hydrogen) atoms.